The maximum Gasteiger partial charge on any atom is 0.0193 e. The van der Waals surface area contributed by atoms with Crippen molar-refractivity contribution in [2.24, 2.45) is 93.7 Å². The Balaban J connectivity index is 2.05. The van der Waals surface area contributed by atoms with Crippen molar-refractivity contribution in [2.45, 2.75) is 220 Å². The summed E-state index contributed by atoms with van der Waals surface area (Å²) in [6.45, 7) is 49.8. The quantitative estimate of drug-likeness (QED) is 0.0591. The topological polar surface area (TPSA) is 21.9 Å². The summed E-state index contributed by atoms with van der Waals surface area (Å²) in [5, 5.41) is 3.56. The molecule has 0 aromatic heterocycles. The van der Waals surface area contributed by atoms with Gasteiger partial charge >= 0.3 is 0 Å². The van der Waals surface area contributed by atoms with Gasteiger partial charge in [-0.1, -0.05) is 134 Å². The molecule has 0 aromatic rings. The minimum absolute atomic E-state index is 0.356. The second kappa shape index (κ2) is 25.2. The first-order chi connectivity index (χ1) is 26.6. The van der Waals surface area contributed by atoms with E-state index < -0.39 is 0 Å². The van der Waals surface area contributed by atoms with Gasteiger partial charge in [-0.2, -0.15) is 0 Å². The monoisotopic (exact) mass is 792 g/mol. The zero-order valence-corrected chi connectivity index (χ0v) is 41.8. The molecule has 0 amide bonds. The number of rotatable bonds is 29. The largest absolute Gasteiger partial charge is 0.311 e. The highest BCUT2D eigenvalue weighted by molar-refractivity contribution is 5.07. The van der Waals surface area contributed by atoms with Gasteiger partial charge < -0.3 is 5.32 Å². The molecule has 0 spiro atoms. The molecule has 13 unspecified atom stereocenters. The number of hydrogen-bond acceptors (Lipinski definition) is 1. The molecule has 334 valence electrons. The molecule has 13 atom stereocenters. The van der Waals surface area contributed by atoms with E-state index in [1.54, 1.807) is 5.57 Å². The summed E-state index contributed by atoms with van der Waals surface area (Å²) in [7, 11) is 0. The molecular weight excluding hydrogens is 687 g/mol. The highest BCUT2D eigenvalue weighted by Gasteiger charge is 2.39. The minimum Gasteiger partial charge on any atom is -0.311 e. The molecule has 2 rings (SSSR count). The third-order valence-electron chi connectivity index (χ3n) is 15.6. The van der Waals surface area contributed by atoms with E-state index in [9.17, 15) is 0 Å². The van der Waals surface area contributed by atoms with E-state index in [1.165, 1.54) is 103 Å². The molecule has 0 bridgehead atoms. The highest BCUT2D eigenvalue weighted by Crippen LogP contribution is 2.50. The molecule has 0 aromatic carbocycles. The Kier molecular flexibility index (Phi) is 23.1. The molecule has 1 saturated carbocycles. The van der Waals surface area contributed by atoms with Gasteiger partial charge in [-0.05, 0) is 197 Å². The van der Waals surface area contributed by atoms with E-state index in [2.05, 4.69) is 147 Å². The van der Waals surface area contributed by atoms with Crippen molar-refractivity contribution in [3.8, 4) is 0 Å². The molecule has 1 nitrogen and oxygen atoms in total. The minimum atomic E-state index is 0.356. The molecule has 1 heterocycles. The van der Waals surface area contributed by atoms with Gasteiger partial charge in [0.15, 0.2) is 0 Å². The molecule has 2 aliphatic rings. The Bertz CT molecular complexity index is 1130. The van der Waals surface area contributed by atoms with Crippen molar-refractivity contribution in [1.82, 2.24) is 5.32 Å². The molecule has 57 heavy (non-hydrogen) atoms. The van der Waals surface area contributed by atoms with Gasteiger partial charge in [0.1, 0.15) is 0 Å². The van der Waals surface area contributed by atoms with Crippen molar-refractivity contribution in [2.75, 3.05) is 6.54 Å². The van der Waals surface area contributed by atoms with E-state index >= 15 is 0 Å². The summed E-state index contributed by atoms with van der Waals surface area (Å²) in [5.41, 5.74) is 2.40. The van der Waals surface area contributed by atoms with Crippen LogP contribution in [0.5, 0.6) is 0 Å². The van der Waals surface area contributed by atoms with Gasteiger partial charge in [-0.3, -0.25) is 0 Å². The van der Waals surface area contributed by atoms with Crippen LogP contribution in [0.4, 0.5) is 0 Å². The van der Waals surface area contributed by atoms with E-state index in [-0.39, 0.29) is 0 Å². The first kappa shape index (κ1) is 52.3. The average molecular weight is 792 g/mol. The van der Waals surface area contributed by atoms with Crippen molar-refractivity contribution in [1.29, 1.82) is 0 Å². The number of nitrogens with one attached hydrogen (secondary N) is 1. The average Bonchev–Trinajstić information content (AvgIpc) is 3.93. The number of hydrogen-bond donors (Lipinski definition) is 1. The standard InChI is InChI=1S/C56H105N/c1-19-22-51(45(12)31-43(10)40(6)7)25-23-47(20-2)30-42(9)28-41(8)29-44(11)52-33-49(35-56(17,18)37-52)34-53(36-55(14,15)16)46(13)50(21-3)32-48(27-39(4)5)24-26-54-38-57-54/h19,21,31,39-44,46-54,57H,1,3,20,22-30,32-38H2,2,4-18H3/b45-31+. The fourth-order valence-electron chi connectivity index (χ4n) is 12.1. The summed E-state index contributed by atoms with van der Waals surface area (Å²) >= 11 is 0. The Morgan fingerprint density at radius 2 is 1.47 bits per heavy atom. The summed E-state index contributed by atoms with van der Waals surface area (Å²) in [6.07, 6.45) is 28.9. The smallest absolute Gasteiger partial charge is 0.0193 e. The molecule has 1 aliphatic carbocycles. The molecule has 1 heteroatoms. The maximum absolute atomic E-state index is 4.50. The van der Waals surface area contributed by atoms with Crippen LogP contribution in [0.3, 0.4) is 0 Å². The van der Waals surface area contributed by atoms with Crippen LogP contribution in [0, 0.1) is 93.7 Å². The first-order valence-corrected chi connectivity index (χ1v) is 25.2. The Hall–Kier alpha value is -0.820. The van der Waals surface area contributed by atoms with Gasteiger partial charge in [0.25, 0.3) is 0 Å². The Morgan fingerprint density at radius 3 is 2.02 bits per heavy atom. The lowest BCUT2D eigenvalue weighted by molar-refractivity contribution is 0.0548. The summed E-state index contributed by atoms with van der Waals surface area (Å²) in [5.74, 6) is 10.7. The lowest BCUT2D eigenvalue weighted by Gasteiger charge is -2.45. The summed E-state index contributed by atoms with van der Waals surface area (Å²) in [4.78, 5) is 0. The zero-order valence-electron chi connectivity index (χ0n) is 41.8. The summed E-state index contributed by atoms with van der Waals surface area (Å²) < 4.78 is 0. The van der Waals surface area contributed by atoms with Crippen LogP contribution in [0.2, 0.25) is 0 Å². The second-order valence-corrected chi connectivity index (χ2v) is 24.3. The predicted octanol–water partition coefficient (Wildman–Crippen LogP) is 17.4. The lowest BCUT2D eigenvalue weighted by atomic mass is 9.60. The first-order valence-electron chi connectivity index (χ1n) is 25.2. The highest BCUT2D eigenvalue weighted by atomic mass is 15.1. The van der Waals surface area contributed by atoms with Gasteiger partial charge in [0, 0.05) is 12.6 Å². The Morgan fingerprint density at radius 1 is 0.825 bits per heavy atom. The van der Waals surface area contributed by atoms with Crippen LogP contribution < -0.4 is 5.32 Å². The SMILES string of the molecule is C=CCC(CCC(CC)CC(C)CC(C)CC(C)C1CC(CC(CC(C)(C)C)C(C)C(C=C)CC(CCC2CN2)CC(C)C)CC(C)(C)C1)/C(C)=C/C(C)C(C)C. The van der Waals surface area contributed by atoms with Gasteiger partial charge in [-0.15, -0.1) is 13.2 Å². The van der Waals surface area contributed by atoms with Crippen LogP contribution in [0.15, 0.2) is 37.0 Å². The van der Waals surface area contributed by atoms with Crippen molar-refractivity contribution in [3.63, 3.8) is 0 Å². The number of allylic oxidation sites excluding steroid dienone is 4. The van der Waals surface area contributed by atoms with Crippen LogP contribution in [0.25, 0.3) is 0 Å². The van der Waals surface area contributed by atoms with Crippen LogP contribution in [-0.4, -0.2) is 12.6 Å². The van der Waals surface area contributed by atoms with Gasteiger partial charge in [0.2, 0.25) is 0 Å². The predicted molar refractivity (Wildman–Crippen MR) is 259 cm³/mol. The fraction of sp³-hybridized carbons (Fsp3) is 0.893. The Labute approximate surface area is 360 Å². The molecule has 1 aliphatic heterocycles. The summed E-state index contributed by atoms with van der Waals surface area (Å²) in [6, 6.07) is 0.796. The second-order valence-electron chi connectivity index (χ2n) is 24.3. The van der Waals surface area contributed by atoms with Crippen molar-refractivity contribution >= 4 is 0 Å². The van der Waals surface area contributed by atoms with Crippen molar-refractivity contribution < 1.29 is 0 Å². The van der Waals surface area contributed by atoms with E-state index in [1.807, 2.05) is 0 Å². The molecule has 1 saturated heterocycles. The van der Waals surface area contributed by atoms with E-state index in [0.29, 0.717) is 40.4 Å². The van der Waals surface area contributed by atoms with Crippen LogP contribution in [-0.2, 0) is 0 Å². The van der Waals surface area contributed by atoms with E-state index in [0.717, 1.165) is 65.7 Å². The third-order valence-corrected chi connectivity index (χ3v) is 15.6. The molecular formula is C56H105N. The normalized spacial score (nSPS) is 25.6. The van der Waals surface area contributed by atoms with E-state index in [4.69, 9.17) is 0 Å². The van der Waals surface area contributed by atoms with Gasteiger partial charge in [0.05, 0.1) is 0 Å². The fourth-order valence-corrected chi connectivity index (χ4v) is 12.1. The maximum atomic E-state index is 4.50. The molecule has 1 N–H and O–H groups in total. The van der Waals surface area contributed by atoms with Crippen LogP contribution >= 0.6 is 0 Å². The zero-order chi connectivity index (χ0) is 43.1. The lowest BCUT2D eigenvalue weighted by Crippen LogP contribution is -2.35. The molecule has 0 radical (unpaired) electrons. The van der Waals surface area contributed by atoms with Gasteiger partial charge in [-0.25, -0.2) is 0 Å². The third kappa shape index (κ3) is 21.0. The van der Waals surface area contributed by atoms with Crippen LogP contribution in [0.1, 0.15) is 214 Å². The molecule has 2 fully saturated rings. The van der Waals surface area contributed by atoms with Crippen molar-refractivity contribution in [3.05, 3.63) is 37.0 Å².